The highest BCUT2D eigenvalue weighted by Gasteiger charge is 2.14. The first-order valence-electron chi connectivity index (χ1n) is 9.12. The van der Waals surface area contributed by atoms with Gasteiger partial charge in [-0.3, -0.25) is 0 Å². The fraction of sp³-hybridized carbons (Fsp3) is 0.167. The van der Waals surface area contributed by atoms with E-state index < -0.39 is 17.8 Å². The Balaban J connectivity index is 1.89. The van der Waals surface area contributed by atoms with E-state index in [0.717, 1.165) is 21.7 Å². The molecular weight excluding hydrogens is 371 g/mol. The fourth-order valence-corrected chi connectivity index (χ4v) is 2.95. The second kappa shape index (κ2) is 8.27. The molecule has 0 fully saturated rings. The van der Waals surface area contributed by atoms with Crippen molar-refractivity contribution in [1.82, 2.24) is 0 Å². The lowest BCUT2D eigenvalue weighted by Gasteiger charge is -2.11. The Morgan fingerprint density at radius 2 is 1.55 bits per heavy atom. The Morgan fingerprint density at radius 3 is 2.24 bits per heavy atom. The predicted octanol–water partition coefficient (Wildman–Crippen LogP) is 5.28. The van der Waals surface area contributed by atoms with Gasteiger partial charge in [-0.25, -0.2) is 14.0 Å². The van der Waals surface area contributed by atoms with Crippen LogP contribution in [0.4, 0.5) is 4.39 Å². The molecule has 0 unspecified atom stereocenters. The summed E-state index contributed by atoms with van der Waals surface area (Å²) in [5.41, 5.74) is 1.56. The van der Waals surface area contributed by atoms with Crippen LogP contribution in [-0.2, 0) is 20.7 Å². The smallest absolute Gasteiger partial charge is 0.338 e. The lowest BCUT2D eigenvalue weighted by atomic mass is 9.99. The van der Waals surface area contributed by atoms with Crippen LogP contribution >= 0.6 is 0 Å². The lowest BCUT2D eigenvalue weighted by Crippen LogP contribution is -2.09. The summed E-state index contributed by atoms with van der Waals surface area (Å²) < 4.78 is 25.0. The Labute approximate surface area is 168 Å². The average Bonchev–Trinajstić information content (AvgIpc) is 2.69. The summed E-state index contributed by atoms with van der Waals surface area (Å²) in [6, 6.07) is 12.5. The third-order valence-electron chi connectivity index (χ3n) is 4.50. The molecule has 148 valence electrons. The van der Waals surface area contributed by atoms with Crippen LogP contribution in [0.25, 0.3) is 21.5 Å². The van der Waals surface area contributed by atoms with Gasteiger partial charge in [-0.1, -0.05) is 43.5 Å². The van der Waals surface area contributed by atoms with E-state index in [9.17, 15) is 14.0 Å². The zero-order valence-corrected chi connectivity index (χ0v) is 16.4. The van der Waals surface area contributed by atoms with Gasteiger partial charge in [0.25, 0.3) is 0 Å². The van der Waals surface area contributed by atoms with E-state index in [1.54, 1.807) is 19.1 Å². The predicted molar refractivity (Wildman–Crippen MR) is 111 cm³/mol. The molecule has 0 bridgehead atoms. The molecule has 0 aromatic heterocycles. The Kier molecular flexibility index (Phi) is 5.78. The maximum atomic E-state index is 14.8. The maximum absolute atomic E-state index is 14.8. The minimum atomic E-state index is -0.666. The van der Waals surface area contributed by atoms with Crippen molar-refractivity contribution in [2.24, 2.45) is 0 Å². The van der Waals surface area contributed by atoms with Crippen LogP contribution in [0.3, 0.4) is 0 Å². The van der Waals surface area contributed by atoms with Gasteiger partial charge in [-0.15, -0.1) is 0 Å². The van der Waals surface area contributed by atoms with E-state index in [-0.39, 0.29) is 17.9 Å². The highest BCUT2D eigenvalue weighted by Crippen LogP contribution is 2.32. The number of hydrogen-bond acceptors (Lipinski definition) is 4. The van der Waals surface area contributed by atoms with Gasteiger partial charge < -0.3 is 9.47 Å². The van der Waals surface area contributed by atoms with Crippen LogP contribution in [0, 0.1) is 5.82 Å². The normalized spacial score (nSPS) is 10.7. The molecule has 3 aromatic carbocycles. The van der Waals surface area contributed by atoms with Crippen molar-refractivity contribution in [2.75, 3.05) is 6.61 Å². The summed E-state index contributed by atoms with van der Waals surface area (Å²) in [6.45, 7) is 10.4. The van der Waals surface area contributed by atoms with E-state index in [0.29, 0.717) is 17.4 Å². The molecule has 0 saturated heterocycles. The average molecular weight is 392 g/mol. The minimum absolute atomic E-state index is 0.124. The first-order valence-corrected chi connectivity index (χ1v) is 9.12. The molecule has 0 aliphatic carbocycles. The Bertz CT molecular complexity index is 1160. The van der Waals surface area contributed by atoms with E-state index in [2.05, 4.69) is 13.2 Å². The first-order chi connectivity index (χ1) is 13.8. The second-order valence-corrected chi connectivity index (χ2v) is 6.93. The number of carbonyl (C=O) groups excluding carboxylic acids is 2. The molecule has 0 heterocycles. The molecule has 3 rings (SSSR count). The number of fused-ring (bicyclic) bond motifs is 3. The third kappa shape index (κ3) is 4.35. The monoisotopic (exact) mass is 392 g/mol. The van der Waals surface area contributed by atoms with Crippen molar-refractivity contribution in [2.45, 2.75) is 20.3 Å². The third-order valence-corrected chi connectivity index (χ3v) is 4.50. The van der Waals surface area contributed by atoms with Gasteiger partial charge in [0.15, 0.2) is 11.6 Å². The number of hydrogen-bond donors (Lipinski definition) is 0. The number of ether oxygens (including phenoxy) is 2. The van der Waals surface area contributed by atoms with Gasteiger partial charge in [-0.05, 0) is 47.7 Å². The van der Waals surface area contributed by atoms with Gasteiger partial charge in [0.2, 0.25) is 0 Å². The van der Waals surface area contributed by atoms with Crippen molar-refractivity contribution < 1.29 is 23.5 Å². The molecule has 0 radical (unpaired) electrons. The fourth-order valence-electron chi connectivity index (χ4n) is 2.95. The molecular formula is C24H21FO4. The van der Waals surface area contributed by atoms with Crippen LogP contribution in [0.5, 0.6) is 5.75 Å². The van der Waals surface area contributed by atoms with E-state index in [4.69, 9.17) is 9.47 Å². The van der Waals surface area contributed by atoms with Gasteiger partial charge in [0, 0.05) is 23.0 Å². The number of rotatable bonds is 6. The van der Waals surface area contributed by atoms with Crippen molar-refractivity contribution >= 4 is 33.5 Å². The quantitative estimate of drug-likeness (QED) is 0.248. The summed E-state index contributed by atoms with van der Waals surface area (Å²) >= 11 is 0. The van der Waals surface area contributed by atoms with Crippen molar-refractivity contribution in [3.63, 3.8) is 0 Å². The Morgan fingerprint density at radius 1 is 0.897 bits per heavy atom. The van der Waals surface area contributed by atoms with Gasteiger partial charge >= 0.3 is 11.9 Å². The first kappa shape index (κ1) is 20.3. The summed E-state index contributed by atoms with van der Waals surface area (Å²) in [5, 5.41) is 2.90. The van der Waals surface area contributed by atoms with E-state index in [1.807, 2.05) is 24.3 Å². The minimum Gasteiger partial charge on any atom is -0.462 e. The second-order valence-electron chi connectivity index (χ2n) is 6.93. The van der Waals surface area contributed by atoms with Crippen LogP contribution in [0.1, 0.15) is 19.4 Å². The maximum Gasteiger partial charge on any atom is 0.338 e. The van der Waals surface area contributed by atoms with Crippen molar-refractivity contribution in [1.29, 1.82) is 0 Å². The molecule has 0 saturated carbocycles. The number of carbonyl (C=O) groups is 2. The molecule has 29 heavy (non-hydrogen) atoms. The number of halogens is 1. The van der Waals surface area contributed by atoms with Crippen LogP contribution in [0.2, 0.25) is 0 Å². The highest BCUT2D eigenvalue weighted by atomic mass is 19.1. The molecule has 0 N–H and O–H groups in total. The largest absolute Gasteiger partial charge is 0.462 e. The van der Waals surface area contributed by atoms with Crippen LogP contribution < -0.4 is 4.74 Å². The number of benzene rings is 3. The molecule has 5 heteroatoms. The van der Waals surface area contributed by atoms with Gasteiger partial charge in [-0.2, -0.15) is 0 Å². The van der Waals surface area contributed by atoms with E-state index in [1.165, 1.54) is 13.0 Å². The Hall–Kier alpha value is -3.47. The lowest BCUT2D eigenvalue weighted by molar-refractivity contribution is -0.138. The molecule has 0 aliphatic heterocycles. The summed E-state index contributed by atoms with van der Waals surface area (Å²) in [6.07, 6.45) is 0.567. The summed E-state index contributed by atoms with van der Waals surface area (Å²) in [4.78, 5) is 23.2. The van der Waals surface area contributed by atoms with Crippen LogP contribution in [0.15, 0.2) is 66.8 Å². The molecule has 0 spiro atoms. The molecule has 4 nitrogen and oxygen atoms in total. The van der Waals surface area contributed by atoms with Gasteiger partial charge in [0.1, 0.15) is 0 Å². The number of esters is 2. The molecule has 3 aromatic rings. The van der Waals surface area contributed by atoms with E-state index >= 15 is 0 Å². The van der Waals surface area contributed by atoms with Crippen LogP contribution in [-0.4, -0.2) is 18.5 Å². The zero-order valence-electron chi connectivity index (χ0n) is 16.4. The summed E-state index contributed by atoms with van der Waals surface area (Å²) in [7, 11) is 0. The van der Waals surface area contributed by atoms with Crippen molar-refractivity contribution in [3.8, 4) is 5.75 Å². The topological polar surface area (TPSA) is 52.6 Å². The summed E-state index contributed by atoms with van der Waals surface area (Å²) in [5.74, 6) is -1.79. The van der Waals surface area contributed by atoms with Crippen molar-refractivity contribution in [3.05, 3.63) is 78.1 Å². The standard InChI is InChI=1S/C24H21FO4/c1-14(2)23(26)28-12-11-16-5-7-18-17(13-16)6-8-20-19(18)9-10-21(22(20)25)29-24(27)15(3)4/h5-10,13H,1,3,11-12H2,2,4H3. The highest BCUT2D eigenvalue weighted by molar-refractivity contribution is 6.08. The molecule has 0 amide bonds. The van der Waals surface area contributed by atoms with Gasteiger partial charge in [0.05, 0.1) is 6.61 Å². The zero-order chi connectivity index (χ0) is 21.1. The SMILES string of the molecule is C=C(C)C(=O)OCCc1ccc2c(ccc3c(F)c(OC(=O)C(=C)C)ccc32)c1. The molecule has 0 aliphatic rings. The molecule has 0 atom stereocenters.